The fourth-order valence-electron chi connectivity index (χ4n) is 1.20. The van der Waals surface area contributed by atoms with Gasteiger partial charge in [0.25, 0.3) is 5.91 Å². The van der Waals surface area contributed by atoms with Crippen LogP contribution in [0.1, 0.15) is 0 Å². The summed E-state index contributed by atoms with van der Waals surface area (Å²) in [7, 11) is 1.40. The minimum atomic E-state index is -4.79. The SMILES string of the molecule is CNC(=O)COc1cccc(NC(=O)C(F)(F)C(F)F)c1. The summed E-state index contributed by atoms with van der Waals surface area (Å²) in [5, 5.41) is 3.95. The Bertz CT molecular complexity index is 523. The first-order valence-corrected chi connectivity index (χ1v) is 5.68. The Morgan fingerprint density at radius 2 is 2.00 bits per heavy atom. The Morgan fingerprint density at radius 3 is 2.57 bits per heavy atom. The molecule has 116 valence electrons. The number of halogens is 4. The van der Waals surface area contributed by atoms with Gasteiger partial charge in [-0.3, -0.25) is 9.59 Å². The Morgan fingerprint density at radius 1 is 1.33 bits per heavy atom. The number of ether oxygens (including phenoxy) is 1. The Kier molecular flexibility index (Phi) is 5.51. The van der Waals surface area contributed by atoms with Crippen molar-refractivity contribution in [3.05, 3.63) is 24.3 Å². The average molecular weight is 308 g/mol. The quantitative estimate of drug-likeness (QED) is 0.785. The molecule has 1 aromatic rings. The van der Waals surface area contributed by atoms with E-state index in [1.165, 1.54) is 25.2 Å². The van der Waals surface area contributed by atoms with Crippen molar-refractivity contribution in [2.45, 2.75) is 12.3 Å². The van der Waals surface area contributed by atoms with Crippen LogP contribution in [0.25, 0.3) is 0 Å². The van der Waals surface area contributed by atoms with Crippen LogP contribution in [-0.2, 0) is 9.59 Å². The molecule has 21 heavy (non-hydrogen) atoms. The van der Waals surface area contributed by atoms with Crippen molar-refractivity contribution in [1.29, 1.82) is 0 Å². The smallest absolute Gasteiger partial charge is 0.383 e. The first-order chi connectivity index (χ1) is 9.77. The van der Waals surface area contributed by atoms with Gasteiger partial charge in [-0.05, 0) is 12.1 Å². The molecule has 0 unspecified atom stereocenters. The Labute approximate surface area is 117 Å². The van der Waals surface area contributed by atoms with Crippen molar-refractivity contribution in [3.63, 3.8) is 0 Å². The summed E-state index contributed by atoms with van der Waals surface area (Å²) in [6.45, 7) is -0.318. The van der Waals surface area contributed by atoms with E-state index in [1.54, 1.807) is 5.32 Å². The van der Waals surface area contributed by atoms with Gasteiger partial charge in [0.15, 0.2) is 6.61 Å². The van der Waals surface area contributed by atoms with Crippen LogP contribution in [-0.4, -0.2) is 37.8 Å². The van der Waals surface area contributed by atoms with Gasteiger partial charge in [-0.1, -0.05) is 6.07 Å². The molecule has 0 saturated carbocycles. The van der Waals surface area contributed by atoms with E-state index < -0.39 is 24.2 Å². The van der Waals surface area contributed by atoms with Crippen molar-refractivity contribution >= 4 is 17.5 Å². The number of likely N-dealkylation sites (N-methyl/N-ethyl adjacent to an activating group) is 1. The molecule has 0 spiro atoms. The zero-order valence-corrected chi connectivity index (χ0v) is 10.8. The number of hydrogen-bond donors (Lipinski definition) is 2. The van der Waals surface area contributed by atoms with E-state index >= 15 is 0 Å². The summed E-state index contributed by atoms with van der Waals surface area (Å²) >= 11 is 0. The first kappa shape index (κ1) is 16.7. The van der Waals surface area contributed by atoms with E-state index in [0.717, 1.165) is 6.07 Å². The molecule has 0 atom stereocenters. The lowest BCUT2D eigenvalue weighted by atomic mass is 10.2. The van der Waals surface area contributed by atoms with Gasteiger partial charge in [-0.2, -0.15) is 8.78 Å². The van der Waals surface area contributed by atoms with Crippen LogP contribution in [0, 0.1) is 0 Å². The van der Waals surface area contributed by atoms with E-state index in [2.05, 4.69) is 5.32 Å². The monoisotopic (exact) mass is 308 g/mol. The molecule has 0 bridgehead atoms. The van der Waals surface area contributed by atoms with Gasteiger partial charge < -0.3 is 15.4 Å². The average Bonchev–Trinajstić information content (AvgIpc) is 2.44. The normalized spacial score (nSPS) is 11.1. The molecule has 0 aromatic heterocycles. The highest BCUT2D eigenvalue weighted by Crippen LogP contribution is 2.25. The Hall–Kier alpha value is -2.32. The highest BCUT2D eigenvalue weighted by molar-refractivity contribution is 5.96. The van der Waals surface area contributed by atoms with Gasteiger partial charge in [-0.25, -0.2) is 8.78 Å². The van der Waals surface area contributed by atoms with Crippen LogP contribution < -0.4 is 15.4 Å². The van der Waals surface area contributed by atoms with Crippen LogP contribution in [0.15, 0.2) is 24.3 Å². The molecular weight excluding hydrogens is 296 g/mol. The number of nitrogens with one attached hydrogen (secondary N) is 2. The van der Waals surface area contributed by atoms with E-state index in [0.29, 0.717) is 0 Å². The molecular formula is C12H12F4N2O3. The van der Waals surface area contributed by atoms with Crippen molar-refractivity contribution in [3.8, 4) is 5.75 Å². The van der Waals surface area contributed by atoms with Crippen LogP contribution in [0.4, 0.5) is 23.2 Å². The lowest BCUT2D eigenvalue weighted by Crippen LogP contribution is -2.40. The minimum absolute atomic E-state index is 0.108. The molecule has 1 aromatic carbocycles. The van der Waals surface area contributed by atoms with Gasteiger partial charge in [0.05, 0.1) is 0 Å². The maximum atomic E-state index is 12.8. The molecule has 0 fully saturated rings. The second kappa shape index (κ2) is 6.91. The first-order valence-electron chi connectivity index (χ1n) is 5.68. The number of alkyl halides is 4. The van der Waals surface area contributed by atoms with E-state index in [9.17, 15) is 27.2 Å². The van der Waals surface area contributed by atoms with Gasteiger partial charge in [0.1, 0.15) is 5.75 Å². The highest BCUT2D eigenvalue weighted by atomic mass is 19.3. The number of hydrogen-bond acceptors (Lipinski definition) is 3. The van der Waals surface area contributed by atoms with Crippen LogP contribution in [0.2, 0.25) is 0 Å². The lowest BCUT2D eigenvalue weighted by Gasteiger charge is -2.15. The molecule has 5 nitrogen and oxygen atoms in total. The fraction of sp³-hybridized carbons (Fsp3) is 0.333. The largest absolute Gasteiger partial charge is 0.484 e. The highest BCUT2D eigenvalue weighted by Gasteiger charge is 2.48. The molecule has 1 rings (SSSR count). The van der Waals surface area contributed by atoms with Gasteiger partial charge in [0, 0.05) is 18.8 Å². The standard InChI is InChI=1S/C12H12F4N2O3/c1-17-9(19)6-21-8-4-2-3-7(5-8)18-11(20)12(15,16)10(13)14/h2-5,10H,6H2,1H3,(H,17,19)(H,18,20). The molecule has 9 heteroatoms. The lowest BCUT2D eigenvalue weighted by molar-refractivity contribution is -0.163. The second-order valence-corrected chi connectivity index (χ2v) is 3.87. The maximum Gasteiger partial charge on any atom is 0.383 e. The van der Waals surface area contributed by atoms with Crippen molar-refractivity contribution in [2.75, 3.05) is 19.0 Å². The van der Waals surface area contributed by atoms with E-state index in [-0.39, 0.29) is 18.0 Å². The van der Waals surface area contributed by atoms with Crippen molar-refractivity contribution < 1.29 is 31.9 Å². The van der Waals surface area contributed by atoms with Crippen molar-refractivity contribution in [2.24, 2.45) is 0 Å². The van der Waals surface area contributed by atoms with Gasteiger partial charge in [-0.15, -0.1) is 0 Å². The number of carbonyl (C=O) groups is 2. The summed E-state index contributed by atoms with van der Waals surface area (Å²) < 4.78 is 54.6. The third-order valence-electron chi connectivity index (χ3n) is 2.32. The molecule has 0 radical (unpaired) electrons. The van der Waals surface area contributed by atoms with Crippen molar-refractivity contribution in [1.82, 2.24) is 5.32 Å². The zero-order chi connectivity index (χ0) is 16.0. The fourth-order valence-corrected chi connectivity index (χ4v) is 1.20. The third kappa shape index (κ3) is 4.62. The minimum Gasteiger partial charge on any atom is -0.484 e. The molecule has 0 aliphatic rings. The topological polar surface area (TPSA) is 67.4 Å². The number of amides is 2. The molecule has 2 amide bonds. The van der Waals surface area contributed by atoms with Gasteiger partial charge >= 0.3 is 18.3 Å². The number of carbonyl (C=O) groups excluding carboxylic acids is 2. The number of rotatable bonds is 6. The summed E-state index contributed by atoms with van der Waals surface area (Å²) in [5.74, 6) is -7.23. The summed E-state index contributed by atoms with van der Waals surface area (Å²) in [6.07, 6.45) is -4.11. The molecule has 2 N–H and O–H groups in total. The molecule has 0 aliphatic heterocycles. The third-order valence-corrected chi connectivity index (χ3v) is 2.32. The van der Waals surface area contributed by atoms with E-state index in [1.807, 2.05) is 0 Å². The molecule has 0 aliphatic carbocycles. The molecule has 0 saturated heterocycles. The number of anilines is 1. The van der Waals surface area contributed by atoms with Gasteiger partial charge in [0.2, 0.25) is 0 Å². The zero-order valence-electron chi connectivity index (χ0n) is 10.8. The summed E-state index contributed by atoms with van der Waals surface area (Å²) in [4.78, 5) is 22.0. The van der Waals surface area contributed by atoms with Crippen LogP contribution in [0.3, 0.4) is 0 Å². The Balaban J connectivity index is 2.73. The summed E-state index contributed by atoms with van der Waals surface area (Å²) in [6, 6.07) is 5.09. The predicted octanol–water partition coefficient (Wildman–Crippen LogP) is 1.65. The predicted molar refractivity (Wildman–Crippen MR) is 65.6 cm³/mol. The maximum absolute atomic E-state index is 12.8. The van der Waals surface area contributed by atoms with Crippen LogP contribution in [0.5, 0.6) is 5.75 Å². The summed E-state index contributed by atoms with van der Waals surface area (Å²) in [5.41, 5.74) is -0.158. The number of benzene rings is 1. The second-order valence-electron chi connectivity index (χ2n) is 3.87. The van der Waals surface area contributed by atoms with Crippen LogP contribution >= 0.6 is 0 Å². The molecule has 0 heterocycles. The van der Waals surface area contributed by atoms with E-state index in [4.69, 9.17) is 4.74 Å².